The number of pyridine rings is 1. The standard InChI is InChI=1S/C25H22ClN5O4/c26-18-6-7-19-20(13-18)29-23(28-19)17-5-8-21(27-14-17)30-9-11-31(12-10-30)24(33)22(32)15-1-3-16(4-2-15)25(34)35/h1-8,13-14,22,32H,9-12H2,(H,28,29)(H,34,35). The number of aromatic nitrogens is 3. The number of nitrogens with one attached hydrogen (secondary N) is 1. The Labute approximate surface area is 205 Å². The summed E-state index contributed by atoms with van der Waals surface area (Å²) in [6.07, 6.45) is 0.428. The highest BCUT2D eigenvalue weighted by atomic mass is 35.5. The molecule has 1 unspecified atom stereocenters. The van der Waals surface area contributed by atoms with Gasteiger partial charge in [-0.15, -0.1) is 0 Å². The van der Waals surface area contributed by atoms with Crippen molar-refractivity contribution in [3.63, 3.8) is 0 Å². The van der Waals surface area contributed by atoms with E-state index in [-0.39, 0.29) is 5.56 Å². The molecule has 3 N–H and O–H groups in total. The minimum Gasteiger partial charge on any atom is -0.478 e. The Morgan fingerprint density at radius 3 is 2.40 bits per heavy atom. The molecule has 1 fully saturated rings. The van der Waals surface area contributed by atoms with Crippen molar-refractivity contribution in [1.29, 1.82) is 0 Å². The number of hydrogen-bond acceptors (Lipinski definition) is 6. The van der Waals surface area contributed by atoms with E-state index < -0.39 is 18.0 Å². The maximum Gasteiger partial charge on any atom is 0.335 e. The lowest BCUT2D eigenvalue weighted by molar-refractivity contribution is -0.140. The van der Waals surface area contributed by atoms with E-state index in [0.29, 0.717) is 42.6 Å². The molecule has 0 saturated carbocycles. The maximum absolute atomic E-state index is 12.8. The van der Waals surface area contributed by atoms with Gasteiger partial charge in [-0.25, -0.2) is 14.8 Å². The number of H-pyrrole nitrogens is 1. The molecule has 3 heterocycles. The number of aromatic amines is 1. The molecule has 9 nitrogen and oxygen atoms in total. The van der Waals surface area contributed by atoms with Crippen molar-refractivity contribution in [2.24, 2.45) is 0 Å². The fourth-order valence-electron chi connectivity index (χ4n) is 4.11. The summed E-state index contributed by atoms with van der Waals surface area (Å²) in [4.78, 5) is 39.9. The van der Waals surface area contributed by atoms with Crippen molar-refractivity contribution in [2.45, 2.75) is 6.10 Å². The Bertz CT molecular complexity index is 1380. The van der Waals surface area contributed by atoms with Crippen LogP contribution in [-0.2, 0) is 4.79 Å². The van der Waals surface area contributed by atoms with Crippen LogP contribution < -0.4 is 4.90 Å². The number of nitrogens with zero attached hydrogens (tertiary/aromatic N) is 4. The minimum atomic E-state index is -1.33. The first-order chi connectivity index (χ1) is 16.9. The number of anilines is 1. The summed E-state index contributed by atoms with van der Waals surface area (Å²) in [7, 11) is 0. The zero-order chi connectivity index (χ0) is 24.5. The summed E-state index contributed by atoms with van der Waals surface area (Å²) in [6, 6.07) is 15.0. The third-order valence-electron chi connectivity index (χ3n) is 6.09. The van der Waals surface area contributed by atoms with Gasteiger partial charge in [0.15, 0.2) is 6.10 Å². The molecule has 1 saturated heterocycles. The molecule has 10 heteroatoms. The number of benzene rings is 2. The van der Waals surface area contributed by atoms with Crippen LogP contribution in [0.25, 0.3) is 22.4 Å². The summed E-state index contributed by atoms with van der Waals surface area (Å²) >= 11 is 6.05. The normalized spacial score (nSPS) is 14.8. The highest BCUT2D eigenvalue weighted by molar-refractivity contribution is 6.31. The molecule has 5 rings (SSSR count). The van der Waals surface area contributed by atoms with E-state index in [1.807, 2.05) is 24.3 Å². The number of carbonyl (C=O) groups excluding carboxylic acids is 1. The third kappa shape index (κ3) is 4.68. The highest BCUT2D eigenvalue weighted by Gasteiger charge is 2.27. The summed E-state index contributed by atoms with van der Waals surface area (Å²) in [5, 5.41) is 20.1. The van der Waals surface area contributed by atoms with E-state index in [1.54, 1.807) is 17.2 Å². The number of hydrogen-bond donors (Lipinski definition) is 3. The van der Waals surface area contributed by atoms with Crippen LogP contribution in [0.1, 0.15) is 22.0 Å². The number of fused-ring (bicyclic) bond motifs is 1. The van der Waals surface area contributed by atoms with E-state index in [4.69, 9.17) is 16.7 Å². The number of imidazole rings is 1. The summed E-state index contributed by atoms with van der Waals surface area (Å²) < 4.78 is 0. The van der Waals surface area contributed by atoms with Crippen molar-refractivity contribution in [3.8, 4) is 11.4 Å². The first-order valence-electron chi connectivity index (χ1n) is 11.1. The minimum absolute atomic E-state index is 0.102. The number of carbonyl (C=O) groups is 2. The number of aliphatic hydroxyl groups excluding tert-OH is 1. The first-order valence-corrected chi connectivity index (χ1v) is 11.4. The van der Waals surface area contributed by atoms with Gasteiger partial charge in [0, 0.05) is 43.0 Å². The number of amides is 1. The summed E-state index contributed by atoms with van der Waals surface area (Å²) in [5.41, 5.74) is 3.01. The van der Waals surface area contributed by atoms with Crippen LogP contribution in [0.4, 0.5) is 5.82 Å². The van der Waals surface area contributed by atoms with Gasteiger partial charge in [0.05, 0.1) is 16.6 Å². The van der Waals surface area contributed by atoms with Crippen LogP contribution >= 0.6 is 11.6 Å². The average molecular weight is 492 g/mol. The van der Waals surface area contributed by atoms with Crippen LogP contribution in [0.15, 0.2) is 60.8 Å². The van der Waals surface area contributed by atoms with Gasteiger partial charge in [-0.3, -0.25) is 4.79 Å². The average Bonchev–Trinajstić information content (AvgIpc) is 3.31. The molecule has 4 aromatic rings. The predicted octanol–water partition coefficient (Wildman–Crippen LogP) is 3.36. The molecular weight excluding hydrogens is 470 g/mol. The van der Waals surface area contributed by atoms with Crippen molar-refractivity contribution in [1.82, 2.24) is 19.9 Å². The Hall–Kier alpha value is -3.95. The maximum atomic E-state index is 12.8. The number of aromatic carboxylic acids is 1. The Morgan fingerprint density at radius 2 is 1.74 bits per heavy atom. The second kappa shape index (κ2) is 9.36. The molecular formula is C25H22ClN5O4. The van der Waals surface area contributed by atoms with Crippen LogP contribution in [0.5, 0.6) is 0 Å². The highest BCUT2D eigenvalue weighted by Crippen LogP contribution is 2.25. The molecule has 2 aromatic carbocycles. The lowest BCUT2D eigenvalue weighted by Gasteiger charge is -2.36. The van der Waals surface area contributed by atoms with Crippen molar-refractivity contribution in [2.75, 3.05) is 31.1 Å². The van der Waals surface area contributed by atoms with Crippen molar-refractivity contribution >= 4 is 40.3 Å². The third-order valence-corrected chi connectivity index (χ3v) is 6.32. The van der Waals surface area contributed by atoms with E-state index in [0.717, 1.165) is 22.4 Å². The second-order valence-electron chi connectivity index (χ2n) is 8.29. The van der Waals surface area contributed by atoms with Crippen LogP contribution in [0.3, 0.4) is 0 Å². The van der Waals surface area contributed by atoms with Gasteiger partial charge in [-0.1, -0.05) is 23.7 Å². The first kappa shape index (κ1) is 22.8. The van der Waals surface area contributed by atoms with E-state index in [1.165, 1.54) is 24.3 Å². The molecule has 1 aliphatic heterocycles. The molecule has 1 aliphatic rings. The molecule has 178 valence electrons. The monoisotopic (exact) mass is 491 g/mol. The van der Waals surface area contributed by atoms with Crippen LogP contribution in [0.2, 0.25) is 5.02 Å². The molecule has 0 radical (unpaired) electrons. The van der Waals surface area contributed by atoms with Gasteiger partial charge in [-0.05, 0) is 48.0 Å². The molecule has 2 aromatic heterocycles. The molecule has 0 spiro atoms. The number of carboxylic acid groups (broad SMARTS) is 1. The second-order valence-corrected chi connectivity index (χ2v) is 8.73. The van der Waals surface area contributed by atoms with E-state index in [9.17, 15) is 14.7 Å². The van der Waals surface area contributed by atoms with Crippen LogP contribution in [-0.4, -0.2) is 68.1 Å². The molecule has 35 heavy (non-hydrogen) atoms. The Morgan fingerprint density at radius 1 is 1.00 bits per heavy atom. The zero-order valence-corrected chi connectivity index (χ0v) is 19.3. The van der Waals surface area contributed by atoms with Gasteiger partial charge < -0.3 is 25.0 Å². The van der Waals surface area contributed by atoms with Gasteiger partial charge in [-0.2, -0.15) is 0 Å². The zero-order valence-electron chi connectivity index (χ0n) is 18.6. The summed E-state index contributed by atoms with van der Waals surface area (Å²) in [6.45, 7) is 2.03. The van der Waals surface area contributed by atoms with E-state index in [2.05, 4.69) is 19.9 Å². The number of halogens is 1. The van der Waals surface area contributed by atoms with Gasteiger partial charge in [0.25, 0.3) is 5.91 Å². The number of carboxylic acids is 1. The lowest BCUT2D eigenvalue weighted by Crippen LogP contribution is -2.50. The lowest BCUT2D eigenvalue weighted by atomic mass is 10.1. The van der Waals surface area contributed by atoms with E-state index >= 15 is 0 Å². The molecule has 1 atom stereocenters. The smallest absolute Gasteiger partial charge is 0.335 e. The van der Waals surface area contributed by atoms with Gasteiger partial charge in [0.2, 0.25) is 0 Å². The van der Waals surface area contributed by atoms with Crippen LogP contribution in [0, 0.1) is 0 Å². The van der Waals surface area contributed by atoms with Crippen molar-refractivity contribution < 1.29 is 19.8 Å². The summed E-state index contributed by atoms with van der Waals surface area (Å²) in [5.74, 6) is 0.0468. The SMILES string of the molecule is O=C(O)c1ccc(C(O)C(=O)N2CCN(c3ccc(-c4nc5ccc(Cl)cc5[nH]4)cn3)CC2)cc1. The Kier molecular flexibility index (Phi) is 6.10. The number of piperazine rings is 1. The van der Waals surface area contributed by atoms with Gasteiger partial charge in [0.1, 0.15) is 11.6 Å². The largest absolute Gasteiger partial charge is 0.478 e. The quantitative estimate of drug-likeness (QED) is 0.391. The predicted molar refractivity (Wildman–Crippen MR) is 131 cm³/mol. The molecule has 0 aliphatic carbocycles. The molecule has 1 amide bonds. The molecule has 0 bridgehead atoms. The van der Waals surface area contributed by atoms with Gasteiger partial charge >= 0.3 is 5.97 Å². The number of aliphatic hydroxyl groups is 1. The number of rotatable bonds is 5. The topological polar surface area (TPSA) is 123 Å². The van der Waals surface area contributed by atoms with Crippen molar-refractivity contribution in [3.05, 3.63) is 76.9 Å². The Balaban J connectivity index is 1.21. The fourth-order valence-corrected chi connectivity index (χ4v) is 4.28. The fraction of sp³-hybridized carbons (Fsp3) is 0.200.